The predicted octanol–water partition coefficient (Wildman–Crippen LogP) is 1.98. The largest absolute Gasteiger partial charge is 0.508 e. The highest BCUT2D eigenvalue weighted by Crippen LogP contribution is 2.25. The second-order valence-corrected chi connectivity index (χ2v) is 4.40. The molecule has 0 radical (unpaired) electrons. The monoisotopic (exact) mass is 287 g/mol. The molecule has 1 amide bonds. The SMILES string of the molecule is O=C(Cc1ccc(O)cc1)Nc1cccc(O)c1C(=O)O. The second-order valence-electron chi connectivity index (χ2n) is 4.40. The third-order valence-electron chi connectivity index (χ3n) is 2.83. The van der Waals surface area contributed by atoms with Crippen LogP contribution >= 0.6 is 0 Å². The molecule has 0 aliphatic rings. The minimum Gasteiger partial charge on any atom is -0.508 e. The van der Waals surface area contributed by atoms with Gasteiger partial charge in [0.1, 0.15) is 17.1 Å². The Bertz CT molecular complexity index is 679. The zero-order chi connectivity index (χ0) is 15.4. The molecular formula is C15H13NO5. The fourth-order valence-electron chi connectivity index (χ4n) is 1.86. The van der Waals surface area contributed by atoms with Crippen LogP contribution in [0.15, 0.2) is 42.5 Å². The summed E-state index contributed by atoms with van der Waals surface area (Å²) < 4.78 is 0. The first-order chi connectivity index (χ1) is 9.97. The van der Waals surface area contributed by atoms with E-state index in [4.69, 9.17) is 10.2 Å². The Morgan fingerprint density at radius 3 is 2.29 bits per heavy atom. The maximum absolute atomic E-state index is 11.9. The highest BCUT2D eigenvalue weighted by Gasteiger charge is 2.16. The minimum absolute atomic E-state index is 0.0228. The molecule has 4 N–H and O–H groups in total. The molecule has 0 spiro atoms. The number of rotatable bonds is 4. The molecule has 0 saturated carbocycles. The number of benzene rings is 2. The Morgan fingerprint density at radius 1 is 1.00 bits per heavy atom. The average molecular weight is 287 g/mol. The first kappa shape index (κ1) is 14.4. The molecule has 0 aliphatic carbocycles. The maximum Gasteiger partial charge on any atom is 0.341 e. The first-order valence-corrected chi connectivity index (χ1v) is 6.10. The number of carboxylic acids is 1. The van der Waals surface area contributed by atoms with Crippen LogP contribution in [0.3, 0.4) is 0 Å². The third kappa shape index (κ3) is 3.50. The number of hydrogen-bond donors (Lipinski definition) is 4. The molecule has 6 nitrogen and oxygen atoms in total. The molecule has 2 aromatic carbocycles. The van der Waals surface area contributed by atoms with Crippen molar-refractivity contribution in [3.63, 3.8) is 0 Å². The number of phenolic OH excluding ortho intramolecular Hbond substituents is 1. The number of phenols is 2. The van der Waals surface area contributed by atoms with Crippen LogP contribution in [0.25, 0.3) is 0 Å². The Kier molecular flexibility index (Phi) is 4.08. The summed E-state index contributed by atoms with van der Waals surface area (Å²) in [4.78, 5) is 23.0. The van der Waals surface area contributed by atoms with Crippen molar-refractivity contribution in [3.05, 3.63) is 53.6 Å². The van der Waals surface area contributed by atoms with Crippen LogP contribution in [0.2, 0.25) is 0 Å². The van der Waals surface area contributed by atoms with Crippen molar-refractivity contribution in [3.8, 4) is 11.5 Å². The van der Waals surface area contributed by atoms with Crippen LogP contribution in [0.1, 0.15) is 15.9 Å². The average Bonchev–Trinajstić information content (AvgIpc) is 2.41. The Morgan fingerprint density at radius 2 is 1.67 bits per heavy atom. The van der Waals surface area contributed by atoms with E-state index in [0.29, 0.717) is 5.56 Å². The van der Waals surface area contributed by atoms with Gasteiger partial charge in [-0.3, -0.25) is 4.79 Å². The summed E-state index contributed by atoms with van der Waals surface area (Å²) in [5.41, 5.74) is 0.352. The van der Waals surface area contributed by atoms with E-state index in [0.717, 1.165) is 0 Å². The molecule has 0 heterocycles. The van der Waals surface area contributed by atoms with Crippen LogP contribution in [0.5, 0.6) is 11.5 Å². The lowest BCUT2D eigenvalue weighted by atomic mass is 10.1. The quantitative estimate of drug-likeness (QED) is 0.688. The lowest BCUT2D eigenvalue weighted by molar-refractivity contribution is -0.115. The van der Waals surface area contributed by atoms with Crippen molar-refractivity contribution >= 4 is 17.6 Å². The highest BCUT2D eigenvalue weighted by atomic mass is 16.4. The lowest BCUT2D eigenvalue weighted by Crippen LogP contribution is -2.16. The van der Waals surface area contributed by atoms with E-state index in [-0.39, 0.29) is 23.4 Å². The van der Waals surface area contributed by atoms with Gasteiger partial charge in [0, 0.05) is 0 Å². The Hall–Kier alpha value is -3.02. The zero-order valence-electron chi connectivity index (χ0n) is 10.9. The van der Waals surface area contributed by atoms with E-state index in [1.165, 1.54) is 30.3 Å². The van der Waals surface area contributed by atoms with Crippen molar-refractivity contribution in [1.29, 1.82) is 0 Å². The molecule has 0 unspecified atom stereocenters. The van der Waals surface area contributed by atoms with Gasteiger partial charge in [-0.05, 0) is 29.8 Å². The van der Waals surface area contributed by atoms with E-state index in [2.05, 4.69) is 5.32 Å². The summed E-state index contributed by atoms with van der Waals surface area (Å²) in [5.74, 6) is -2.06. The van der Waals surface area contributed by atoms with Gasteiger partial charge in [0.05, 0.1) is 12.1 Å². The molecule has 0 saturated heterocycles. The summed E-state index contributed by atoms with van der Waals surface area (Å²) in [6, 6.07) is 10.2. The number of aromatic carboxylic acids is 1. The van der Waals surface area contributed by atoms with E-state index < -0.39 is 17.6 Å². The van der Waals surface area contributed by atoms with Gasteiger partial charge in [-0.15, -0.1) is 0 Å². The fourth-order valence-corrected chi connectivity index (χ4v) is 1.86. The van der Waals surface area contributed by atoms with Gasteiger partial charge in [0.2, 0.25) is 5.91 Å². The van der Waals surface area contributed by atoms with Crippen molar-refractivity contribution in [1.82, 2.24) is 0 Å². The number of carboxylic acid groups (broad SMARTS) is 1. The third-order valence-corrected chi connectivity index (χ3v) is 2.83. The van der Waals surface area contributed by atoms with Crippen molar-refractivity contribution in [2.45, 2.75) is 6.42 Å². The predicted molar refractivity (Wildman–Crippen MR) is 75.5 cm³/mol. The maximum atomic E-state index is 11.9. The van der Waals surface area contributed by atoms with E-state index in [1.54, 1.807) is 12.1 Å². The molecule has 2 aromatic rings. The number of carbonyl (C=O) groups is 2. The summed E-state index contributed by atoms with van der Waals surface area (Å²) in [7, 11) is 0. The van der Waals surface area contributed by atoms with Gasteiger partial charge in [0.15, 0.2) is 0 Å². The van der Waals surface area contributed by atoms with Crippen LogP contribution in [-0.4, -0.2) is 27.2 Å². The smallest absolute Gasteiger partial charge is 0.341 e. The molecule has 0 bridgehead atoms. The molecule has 21 heavy (non-hydrogen) atoms. The first-order valence-electron chi connectivity index (χ1n) is 6.10. The summed E-state index contributed by atoms with van der Waals surface area (Å²) in [6.07, 6.45) is 0.0228. The molecule has 6 heteroatoms. The zero-order valence-corrected chi connectivity index (χ0v) is 10.9. The number of anilines is 1. The number of hydrogen-bond acceptors (Lipinski definition) is 4. The number of amides is 1. The summed E-state index contributed by atoms with van der Waals surface area (Å²) in [5, 5.41) is 30.2. The lowest BCUT2D eigenvalue weighted by Gasteiger charge is -2.09. The highest BCUT2D eigenvalue weighted by molar-refractivity contribution is 6.02. The Labute approximate surface area is 120 Å². The van der Waals surface area contributed by atoms with Gasteiger partial charge >= 0.3 is 5.97 Å². The van der Waals surface area contributed by atoms with E-state index in [1.807, 2.05) is 0 Å². The molecule has 0 aromatic heterocycles. The molecule has 2 rings (SSSR count). The van der Waals surface area contributed by atoms with Crippen LogP contribution < -0.4 is 5.32 Å². The van der Waals surface area contributed by atoms with Crippen LogP contribution in [0.4, 0.5) is 5.69 Å². The minimum atomic E-state index is -1.33. The summed E-state index contributed by atoms with van der Waals surface area (Å²) in [6.45, 7) is 0. The number of aromatic hydroxyl groups is 2. The topological polar surface area (TPSA) is 107 Å². The van der Waals surface area contributed by atoms with E-state index >= 15 is 0 Å². The number of nitrogens with one attached hydrogen (secondary N) is 1. The molecule has 0 atom stereocenters. The molecular weight excluding hydrogens is 274 g/mol. The second kappa shape index (κ2) is 5.96. The normalized spacial score (nSPS) is 10.1. The Balaban J connectivity index is 2.15. The van der Waals surface area contributed by atoms with Gasteiger partial charge in [-0.1, -0.05) is 18.2 Å². The van der Waals surface area contributed by atoms with Crippen molar-refractivity contribution in [2.75, 3.05) is 5.32 Å². The van der Waals surface area contributed by atoms with Gasteiger partial charge in [-0.2, -0.15) is 0 Å². The molecule has 0 aliphatic heterocycles. The van der Waals surface area contributed by atoms with Gasteiger partial charge in [-0.25, -0.2) is 4.79 Å². The van der Waals surface area contributed by atoms with E-state index in [9.17, 15) is 14.7 Å². The van der Waals surface area contributed by atoms with Crippen molar-refractivity contribution in [2.24, 2.45) is 0 Å². The number of carbonyl (C=O) groups excluding carboxylic acids is 1. The fraction of sp³-hybridized carbons (Fsp3) is 0.0667. The van der Waals surface area contributed by atoms with Crippen LogP contribution in [-0.2, 0) is 11.2 Å². The van der Waals surface area contributed by atoms with Gasteiger partial charge in [0.25, 0.3) is 0 Å². The van der Waals surface area contributed by atoms with Crippen molar-refractivity contribution < 1.29 is 24.9 Å². The summed E-state index contributed by atoms with van der Waals surface area (Å²) >= 11 is 0. The standard InChI is InChI=1S/C15H13NO5/c17-10-6-4-9(5-7-10)8-13(19)16-11-2-1-3-12(18)14(11)15(20)21/h1-7,17-18H,8H2,(H,16,19)(H,20,21). The molecule has 0 fully saturated rings. The van der Waals surface area contributed by atoms with Crippen LogP contribution in [0, 0.1) is 0 Å². The van der Waals surface area contributed by atoms with Gasteiger partial charge < -0.3 is 20.6 Å². The molecule has 108 valence electrons.